The lowest BCUT2D eigenvalue weighted by atomic mass is 10.1. The molecule has 5 rings (SSSR count). The maximum atomic E-state index is 14.4. The predicted octanol–water partition coefficient (Wildman–Crippen LogP) is 5.37. The van der Waals surface area contributed by atoms with Gasteiger partial charge in [-0.1, -0.05) is 12.1 Å². The van der Waals surface area contributed by atoms with Crippen LogP contribution < -0.4 is 5.32 Å². The zero-order valence-corrected chi connectivity index (χ0v) is 21.1. The molecule has 210 valence electrons. The van der Waals surface area contributed by atoms with Gasteiger partial charge in [-0.05, 0) is 48.0 Å². The van der Waals surface area contributed by atoms with Gasteiger partial charge in [-0.25, -0.2) is 21.6 Å². The van der Waals surface area contributed by atoms with E-state index < -0.39 is 63.5 Å². The zero-order valence-electron chi connectivity index (χ0n) is 20.3. The van der Waals surface area contributed by atoms with Crippen molar-refractivity contribution in [3.63, 3.8) is 0 Å². The monoisotopic (exact) mass is 583 g/mol. The Morgan fingerprint density at radius 3 is 2.50 bits per heavy atom. The Balaban J connectivity index is 1.33. The molecule has 1 fully saturated rings. The third kappa shape index (κ3) is 5.54. The number of furan rings is 1. The molecule has 0 bridgehead atoms. The molecule has 1 saturated heterocycles. The molecule has 40 heavy (non-hydrogen) atoms. The van der Waals surface area contributed by atoms with Crippen molar-refractivity contribution in [3.8, 4) is 11.3 Å². The molecule has 1 amide bonds. The Morgan fingerprint density at radius 1 is 1.07 bits per heavy atom. The molecule has 0 radical (unpaired) electrons. The number of carbonyl (C=O) groups is 1. The van der Waals surface area contributed by atoms with Crippen LogP contribution in [0.1, 0.15) is 17.5 Å². The number of benzene rings is 2. The van der Waals surface area contributed by atoms with Crippen LogP contribution in [-0.2, 0) is 27.5 Å². The summed E-state index contributed by atoms with van der Waals surface area (Å²) >= 11 is 0. The lowest BCUT2D eigenvalue weighted by Crippen LogP contribution is -2.45. The van der Waals surface area contributed by atoms with Gasteiger partial charge in [0.05, 0.1) is 17.8 Å². The fourth-order valence-electron chi connectivity index (χ4n) is 4.38. The number of pyridine rings is 1. The molecule has 4 aromatic rings. The average Bonchev–Trinajstić information content (AvgIpc) is 3.48. The van der Waals surface area contributed by atoms with E-state index in [1.165, 1.54) is 36.5 Å². The first-order valence-corrected chi connectivity index (χ1v) is 13.2. The first-order chi connectivity index (χ1) is 18.7. The molecular formula is C26H19F6N3O4S. The summed E-state index contributed by atoms with van der Waals surface area (Å²) in [6.45, 7) is -1.46. The van der Waals surface area contributed by atoms with Gasteiger partial charge in [-0.15, -0.1) is 0 Å². The highest BCUT2D eigenvalue weighted by Crippen LogP contribution is 2.37. The fourth-order valence-corrected chi connectivity index (χ4v) is 5.94. The number of rotatable bonds is 6. The van der Waals surface area contributed by atoms with Crippen LogP contribution in [0.4, 0.5) is 26.3 Å². The van der Waals surface area contributed by atoms with E-state index in [9.17, 15) is 39.6 Å². The Hall–Kier alpha value is -3.91. The number of nitrogens with zero attached hydrogens (tertiary/aromatic N) is 2. The van der Waals surface area contributed by atoms with Gasteiger partial charge in [0.1, 0.15) is 17.4 Å². The van der Waals surface area contributed by atoms with E-state index in [1.807, 2.05) is 0 Å². The summed E-state index contributed by atoms with van der Waals surface area (Å²) in [6, 6.07) is 9.78. The maximum Gasteiger partial charge on any atom is 0.416 e. The lowest BCUT2D eigenvalue weighted by Gasteiger charge is -2.21. The van der Waals surface area contributed by atoms with Crippen molar-refractivity contribution in [2.75, 3.05) is 6.54 Å². The molecule has 1 aliphatic rings. The van der Waals surface area contributed by atoms with Gasteiger partial charge < -0.3 is 9.73 Å². The number of amides is 1. The maximum absolute atomic E-state index is 14.4. The number of halogens is 6. The van der Waals surface area contributed by atoms with Crippen LogP contribution in [0.2, 0.25) is 0 Å². The second-order valence-corrected chi connectivity index (χ2v) is 11.0. The normalized spacial score (nSPS) is 17.8. The SMILES string of the molecule is O=C(NCc1ccnc(-c2ccc(C(F)(F)F)cc2)c1)[C@@H]1CC(F)(F)CN1S(=O)(=O)c1cc2cc(F)ccc2o1. The molecule has 3 heterocycles. The van der Waals surface area contributed by atoms with E-state index in [0.29, 0.717) is 21.1 Å². The third-order valence-corrected chi connectivity index (χ3v) is 8.06. The molecule has 1 atom stereocenters. The van der Waals surface area contributed by atoms with Crippen molar-refractivity contribution < 1.29 is 44.0 Å². The summed E-state index contributed by atoms with van der Waals surface area (Å²) in [5.74, 6) is -5.14. The third-order valence-electron chi connectivity index (χ3n) is 6.35. The minimum Gasteiger partial charge on any atom is -0.443 e. The molecule has 1 aliphatic heterocycles. The van der Waals surface area contributed by atoms with Gasteiger partial charge in [-0.2, -0.15) is 17.5 Å². The first kappa shape index (κ1) is 27.6. The molecule has 2 aromatic carbocycles. The van der Waals surface area contributed by atoms with Gasteiger partial charge in [0.15, 0.2) is 0 Å². The predicted molar refractivity (Wildman–Crippen MR) is 130 cm³/mol. The fraction of sp³-hybridized carbons (Fsp3) is 0.231. The molecule has 0 saturated carbocycles. The summed E-state index contributed by atoms with van der Waals surface area (Å²) in [4.78, 5) is 17.1. The van der Waals surface area contributed by atoms with E-state index in [1.54, 1.807) is 0 Å². The van der Waals surface area contributed by atoms with Gasteiger partial charge in [0, 0.05) is 36.2 Å². The molecule has 0 unspecified atom stereocenters. The molecule has 14 heteroatoms. The Kier molecular flexibility index (Phi) is 6.86. The number of nitrogens with one attached hydrogen (secondary N) is 1. The van der Waals surface area contributed by atoms with Gasteiger partial charge >= 0.3 is 6.18 Å². The second kappa shape index (κ2) is 9.93. The van der Waals surface area contributed by atoms with Crippen molar-refractivity contribution in [2.24, 2.45) is 0 Å². The highest BCUT2D eigenvalue weighted by molar-refractivity contribution is 7.89. The molecule has 2 aromatic heterocycles. The molecule has 0 spiro atoms. The van der Waals surface area contributed by atoms with Gasteiger partial charge in [-0.3, -0.25) is 9.78 Å². The van der Waals surface area contributed by atoms with Crippen molar-refractivity contribution in [2.45, 2.75) is 36.2 Å². The van der Waals surface area contributed by atoms with Crippen molar-refractivity contribution in [1.82, 2.24) is 14.6 Å². The largest absolute Gasteiger partial charge is 0.443 e. The quantitative estimate of drug-likeness (QED) is 0.309. The Labute approximate surface area is 223 Å². The zero-order chi connectivity index (χ0) is 28.9. The van der Waals surface area contributed by atoms with Crippen LogP contribution in [0.15, 0.2) is 76.4 Å². The van der Waals surface area contributed by atoms with E-state index in [-0.39, 0.29) is 17.5 Å². The lowest BCUT2D eigenvalue weighted by molar-refractivity contribution is -0.137. The Bertz CT molecular complexity index is 1690. The number of alkyl halides is 5. The van der Waals surface area contributed by atoms with Crippen LogP contribution >= 0.6 is 0 Å². The number of hydrogen-bond acceptors (Lipinski definition) is 5. The average molecular weight is 584 g/mol. The van der Waals surface area contributed by atoms with Crippen LogP contribution in [-0.4, -0.2) is 42.1 Å². The number of aromatic nitrogens is 1. The molecular weight excluding hydrogens is 564 g/mol. The Morgan fingerprint density at radius 2 is 1.80 bits per heavy atom. The van der Waals surface area contributed by atoms with Crippen molar-refractivity contribution in [3.05, 3.63) is 83.8 Å². The van der Waals surface area contributed by atoms with Gasteiger partial charge in [0.2, 0.25) is 11.0 Å². The topological polar surface area (TPSA) is 92.5 Å². The van der Waals surface area contributed by atoms with Crippen LogP contribution in [0.25, 0.3) is 22.2 Å². The summed E-state index contributed by atoms with van der Waals surface area (Å²) in [5.41, 5.74) is 0.311. The summed E-state index contributed by atoms with van der Waals surface area (Å²) in [7, 11) is -4.71. The van der Waals surface area contributed by atoms with E-state index in [0.717, 1.165) is 30.3 Å². The van der Waals surface area contributed by atoms with E-state index in [2.05, 4.69) is 10.3 Å². The van der Waals surface area contributed by atoms with Crippen LogP contribution in [0.3, 0.4) is 0 Å². The van der Waals surface area contributed by atoms with Crippen molar-refractivity contribution >= 4 is 26.9 Å². The van der Waals surface area contributed by atoms with Gasteiger partial charge in [0.25, 0.3) is 15.9 Å². The second-order valence-electron chi connectivity index (χ2n) is 9.22. The first-order valence-electron chi connectivity index (χ1n) is 11.7. The summed E-state index contributed by atoms with van der Waals surface area (Å²) in [6.07, 6.45) is -4.21. The van der Waals surface area contributed by atoms with E-state index >= 15 is 0 Å². The van der Waals surface area contributed by atoms with Crippen LogP contribution in [0, 0.1) is 5.82 Å². The number of sulfonamides is 1. The smallest absolute Gasteiger partial charge is 0.416 e. The van der Waals surface area contributed by atoms with Crippen molar-refractivity contribution in [1.29, 1.82) is 0 Å². The minimum atomic E-state index is -4.71. The minimum absolute atomic E-state index is 0.0217. The van der Waals surface area contributed by atoms with Crippen LogP contribution in [0.5, 0.6) is 0 Å². The standard InChI is InChI=1S/C26H19F6N3O4S/c27-19-5-6-22-17(10-19)11-23(39-22)40(37,38)35-14-25(28,29)12-21(35)24(36)34-13-15-7-8-33-20(9-15)16-1-3-18(4-2-16)26(30,31)32/h1-11,21H,12-14H2,(H,34,36)/t21-/m0/s1. The molecule has 7 nitrogen and oxygen atoms in total. The number of fused-ring (bicyclic) bond motifs is 1. The summed E-state index contributed by atoms with van der Waals surface area (Å²) < 4.78 is 113. The highest BCUT2D eigenvalue weighted by Gasteiger charge is 2.53. The number of hydrogen-bond donors (Lipinski definition) is 1. The molecule has 1 N–H and O–H groups in total. The number of carbonyl (C=O) groups excluding carboxylic acids is 1. The van der Waals surface area contributed by atoms with E-state index in [4.69, 9.17) is 4.42 Å². The molecule has 0 aliphatic carbocycles. The highest BCUT2D eigenvalue weighted by atomic mass is 32.2. The summed E-state index contributed by atoms with van der Waals surface area (Å²) in [5, 5.41) is 1.83.